The normalized spacial score (nSPS) is 10.9. The van der Waals surface area contributed by atoms with Crippen LogP contribution in [0.1, 0.15) is 16.7 Å². The van der Waals surface area contributed by atoms with Crippen molar-refractivity contribution in [1.82, 2.24) is 4.90 Å². The third-order valence-corrected chi connectivity index (χ3v) is 3.34. The van der Waals surface area contributed by atoms with Gasteiger partial charge in [-0.15, -0.1) is 0 Å². The van der Waals surface area contributed by atoms with Crippen molar-refractivity contribution in [3.05, 3.63) is 28.8 Å². The quantitative estimate of drug-likeness (QED) is 0.626. The highest BCUT2D eigenvalue weighted by Crippen LogP contribution is 2.22. The Hall–Kier alpha value is -0.670. The van der Waals surface area contributed by atoms with E-state index in [4.69, 9.17) is 4.74 Å². The predicted molar refractivity (Wildman–Crippen MR) is 72.7 cm³/mol. The number of benzene rings is 1. The van der Waals surface area contributed by atoms with Gasteiger partial charge in [0.25, 0.3) is 0 Å². The number of hydrogen-bond donors (Lipinski definition) is 1. The largest absolute Gasteiger partial charge is 0.496 e. The standard InChI is InChI=1S/C13H21NOS/c1-10-8-13(15-4)11(2)7-12(10)5-6-14(3)9-16/h7-8,16H,5-6,9H2,1-4H3. The van der Waals surface area contributed by atoms with E-state index in [-0.39, 0.29) is 0 Å². The fourth-order valence-corrected chi connectivity index (χ4v) is 1.86. The van der Waals surface area contributed by atoms with Crippen molar-refractivity contribution < 1.29 is 4.74 Å². The molecule has 0 heterocycles. The maximum Gasteiger partial charge on any atom is 0.122 e. The van der Waals surface area contributed by atoms with Crippen LogP contribution in [0.2, 0.25) is 0 Å². The summed E-state index contributed by atoms with van der Waals surface area (Å²) < 4.78 is 5.30. The lowest BCUT2D eigenvalue weighted by atomic mass is 10.0. The minimum atomic E-state index is 0.800. The topological polar surface area (TPSA) is 12.5 Å². The molecule has 3 heteroatoms. The molecule has 0 N–H and O–H groups in total. The van der Waals surface area contributed by atoms with Crippen LogP contribution in [0.4, 0.5) is 0 Å². The van der Waals surface area contributed by atoms with Gasteiger partial charge >= 0.3 is 0 Å². The van der Waals surface area contributed by atoms with E-state index < -0.39 is 0 Å². The lowest BCUT2D eigenvalue weighted by molar-refractivity contribution is 0.397. The van der Waals surface area contributed by atoms with Gasteiger partial charge in [-0.1, -0.05) is 6.07 Å². The molecule has 0 unspecified atom stereocenters. The maximum atomic E-state index is 5.30. The van der Waals surface area contributed by atoms with Crippen LogP contribution in [-0.2, 0) is 6.42 Å². The molecular weight excluding hydrogens is 218 g/mol. The molecule has 0 bridgehead atoms. The number of nitrogens with zero attached hydrogens (tertiary/aromatic N) is 1. The zero-order valence-electron chi connectivity index (χ0n) is 10.6. The van der Waals surface area contributed by atoms with Crippen LogP contribution >= 0.6 is 12.6 Å². The van der Waals surface area contributed by atoms with E-state index in [1.807, 2.05) is 0 Å². The molecule has 0 spiro atoms. The van der Waals surface area contributed by atoms with E-state index in [0.29, 0.717) is 0 Å². The molecule has 16 heavy (non-hydrogen) atoms. The summed E-state index contributed by atoms with van der Waals surface area (Å²) >= 11 is 4.25. The number of thiol groups is 1. The van der Waals surface area contributed by atoms with Crippen LogP contribution in [-0.4, -0.2) is 31.5 Å². The van der Waals surface area contributed by atoms with Crippen molar-refractivity contribution in [3.8, 4) is 5.75 Å². The average Bonchev–Trinajstić information content (AvgIpc) is 2.29. The number of aryl methyl sites for hydroxylation is 2. The highest BCUT2D eigenvalue weighted by Gasteiger charge is 2.05. The number of ether oxygens (including phenoxy) is 1. The lowest BCUT2D eigenvalue weighted by Crippen LogP contribution is -2.19. The molecule has 0 saturated heterocycles. The van der Waals surface area contributed by atoms with Gasteiger partial charge < -0.3 is 4.74 Å². The van der Waals surface area contributed by atoms with E-state index in [1.54, 1.807) is 7.11 Å². The van der Waals surface area contributed by atoms with Crippen LogP contribution < -0.4 is 4.74 Å². The summed E-state index contributed by atoms with van der Waals surface area (Å²) in [5.74, 6) is 1.78. The molecule has 90 valence electrons. The first-order chi connectivity index (χ1) is 7.58. The van der Waals surface area contributed by atoms with Crippen molar-refractivity contribution in [2.75, 3.05) is 26.6 Å². The molecule has 2 nitrogen and oxygen atoms in total. The van der Waals surface area contributed by atoms with Gasteiger partial charge in [-0.2, -0.15) is 12.6 Å². The van der Waals surface area contributed by atoms with E-state index in [1.165, 1.54) is 16.7 Å². The minimum Gasteiger partial charge on any atom is -0.496 e. The van der Waals surface area contributed by atoms with Crippen molar-refractivity contribution in [2.45, 2.75) is 20.3 Å². The van der Waals surface area contributed by atoms with Gasteiger partial charge in [0.1, 0.15) is 5.75 Å². The third-order valence-electron chi connectivity index (χ3n) is 2.86. The Balaban J connectivity index is 2.77. The van der Waals surface area contributed by atoms with Gasteiger partial charge in [-0.3, -0.25) is 4.90 Å². The summed E-state index contributed by atoms with van der Waals surface area (Å²) in [6.07, 6.45) is 1.06. The SMILES string of the molecule is COc1cc(C)c(CCN(C)CS)cc1C. The molecule has 0 atom stereocenters. The summed E-state index contributed by atoms with van der Waals surface area (Å²) in [6, 6.07) is 4.34. The molecular formula is C13H21NOS. The highest BCUT2D eigenvalue weighted by molar-refractivity contribution is 7.80. The van der Waals surface area contributed by atoms with Crippen molar-refractivity contribution in [2.24, 2.45) is 0 Å². The molecule has 0 saturated carbocycles. The van der Waals surface area contributed by atoms with Gasteiger partial charge in [0.05, 0.1) is 7.11 Å². The third kappa shape index (κ3) is 3.42. The van der Waals surface area contributed by atoms with Crippen LogP contribution in [0.25, 0.3) is 0 Å². The Morgan fingerprint density at radius 3 is 2.50 bits per heavy atom. The second-order valence-corrected chi connectivity index (χ2v) is 4.50. The molecule has 1 rings (SSSR count). The first-order valence-corrected chi connectivity index (χ1v) is 6.15. The minimum absolute atomic E-state index is 0.800. The van der Waals surface area contributed by atoms with Crippen molar-refractivity contribution >= 4 is 12.6 Å². The molecule has 0 radical (unpaired) electrons. The lowest BCUT2D eigenvalue weighted by Gasteiger charge is -2.15. The molecule has 0 fully saturated rings. The Morgan fingerprint density at radius 2 is 1.94 bits per heavy atom. The van der Waals surface area contributed by atoms with Crippen LogP contribution in [0.5, 0.6) is 5.75 Å². The molecule has 0 aliphatic heterocycles. The van der Waals surface area contributed by atoms with Gasteiger partial charge in [-0.25, -0.2) is 0 Å². The first-order valence-electron chi connectivity index (χ1n) is 5.52. The molecule has 0 amide bonds. The molecule has 1 aromatic rings. The van der Waals surface area contributed by atoms with Crippen LogP contribution in [0, 0.1) is 13.8 Å². The Bertz CT molecular complexity index is 352. The van der Waals surface area contributed by atoms with E-state index in [9.17, 15) is 0 Å². The smallest absolute Gasteiger partial charge is 0.122 e. The number of likely N-dealkylation sites (N-methyl/N-ethyl adjacent to an activating group) is 1. The second-order valence-electron chi connectivity index (χ2n) is 4.22. The molecule has 0 aliphatic rings. The highest BCUT2D eigenvalue weighted by atomic mass is 32.1. The summed E-state index contributed by atoms with van der Waals surface area (Å²) in [7, 11) is 3.80. The van der Waals surface area contributed by atoms with Gasteiger partial charge in [0, 0.05) is 12.4 Å². The van der Waals surface area contributed by atoms with Gasteiger partial charge in [-0.05, 0) is 50.1 Å². The fourth-order valence-electron chi connectivity index (χ4n) is 1.72. The van der Waals surface area contributed by atoms with Crippen molar-refractivity contribution in [3.63, 3.8) is 0 Å². The van der Waals surface area contributed by atoms with Crippen LogP contribution in [0.15, 0.2) is 12.1 Å². The Kier molecular flexibility index (Phi) is 5.16. The number of hydrogen-bond acceptors (Lipinski definition) is 3. The summed E-state index contributed by atoms with van der Waals surface area (Å²) in [6.45, 7) is 5.26. The first kappa shape index (κ1) is 13.4. The number of methoxy groups -OCH3 is 1. The monoisotopic (exact) mass is 239 g/mol. The van der Waals surface area contributed by atoms with E-state index in [0.717, 1.165) is 24.6 Å². The summed E-state index contributed by atoms with van der Waals surface area (Å²) in [5, 5.41) is 0. The zero-order chi connectivity index (χ0) is 12.1. The zero-order valence-corrected chi connectivity index (χ0v) is 11.5. The number of rotatable bonds is 5. The maximum absolute atomic E-state index is 5.30. The second kappa shape index (κ2) is 6.16. The average molecular weight is 239 g/mol. The predicted octanol–water partition coefficient (Wildman–Crippen LogP) is 2.67. The molecule has 1 aromatic carbocycles. The van der Waals surface area contributed by atoms with Crippen molar-refractivity contribution in [1.29, 1.82) is 0 Å². The molecule has 0 aliphatic carbocycles. The summed E-state index contributed by atoms with van der Waals surface area (Å²) in [4.78, 5) is 2.20. The Morgan fingerprint density at radius 1 is 1.25 bits per heavy atom. The summed E-state index contributed by atoms with van der Waals surface area (Å²) in [5.41, 5.74) is 3.90. The Labute approximate surface area is 104 Å². The van der Waals surface area contributed by atoms with Crippen LogP contribution in [0.3, 0.4) is 0 Å². The van der Waals surface area contributed by atoms with Gasteiger partial charge in [0.2, 0.25) is 0 Å². The fraction of sp³-hybridized carbons (Fsp3) is 0.538. The van der Waals surface area contributed by atoms with Gasteiger partial charge in [0.15, 0.2) is 0 Å². The van der Waals surface area contributed by atoms with E-state index >= 15 is 0 Å². The molecule has 0 aromatic heterocycles. The van der Waals surface area contributed by atoms with E-state index in [2.05, 4.69) is 50.6 Å².